The third-order valence-corrected chi connectivity index (χ3v) is 0.515. The Bertz CT molecular complexity index is 170. The van der Waals surface area contributed by atoms with Crippen molar-refractivity contribution in [2.75, 3.05) is 0 Å². The molecule has 1 radical (unpaired) electrons. The maximum Gasteiger partial charge on any atom is 0.262 e. The van der Waals surface area contributed by atoms with Crippen LogP contribution in [0.15, 0.2) is 11.8 Å². The van der Waals surface area contributed by atoms with Gasteiger partial charge in [-0.25, -0.2) is 0 Å². The fourth-order valence-corrected chi connectivity index (χ4v) is 0.148. The molecule has 0 unspecified atom stereocenters. The zero-order valence-corrected chi connectivity index (χ0v) is 6.96. The van der Waals surface area contributed by atoms with Crippen LogP contribution in [0.3, 0.4) is 0 Å². The summed E-state index contributed by atoms with van der Waals surface area (Å²) >= 11 is 0. The van der Waals surface area contributed by atoms with Gasteiger partial charge in [0.1, 0.15) is 12.3 Å². The zero-order chi connectivity index (χ0) is 6.57. The largest absolute Gasteiger partial charge is 0.514 e. The predicted octanol–water partition coefficient (Wildman–Crippen LogP) is -0.944. The number of nitrogens with two attached hydrogens (primary N) is 1. The van der Waals surface area contributed by atoms with Crippen LogP contribution < -0.4 is 5.73 Å². The van der Waals surface area contributed by atoms with Crippen molar-refractivity contribution in [2.24, 2.45) is 5.73 Å². The Morgan fingerprint density at radius 3 is 2.22 bits per heavy atom. The van der Waals surface area contributed by atoms with Crippen molar-refractivity contribution >= 4 is 35.5 Å². The van der Waals surface area contributed by atoms with Crippen molar-refractivity contribution in [3.8, 4) is 6.07 Å². The first-order valence-electron chi connectivity index (χ1n) is 1.76. The van der Waals surface area contributed by atoms with Crippen LogP contribution in [0.4, 0.5) is 0 Å². The van der Waals surface area contributed by atoms with Gasteiger partial charge in [0.25, 0.3) is 5.91 Å². The SMILES string of the molecule is N#C/C(=C/O)C(N)=O.[Na]. The molecule has 3 N–H and O–H groups in total. The van der Waals surface area contributed by atoms with Crippen LogP contribution >= 0.6 is 0 Å². The fourth-order valence-electron chi connectivity index (χ4n) is 0.148. The molecule has 0 bridgehead atoms. The monoisotopic (exact) mass is 135 g/mol. The van der Waals surface area contributed by atoms with E-state index in [0.29, 0.717) is 6.26 Å². The van der Waals surface area contributed by atoms with Crippen LogP contribution in [-0.2, 0) is 4.79 Å². The van der Waals surface area contributed by atoms with E-state index >= 15 is 0 Å². The third kappa shape index (κ3) is 4.03. The van der Waals surface area contributed by atoms with Gasteiger partial charge in [-0.05, 0) is 0 Å². The first-order valence-corrected chi connectivity index (χ1v) is 1.76. The van der Waals surface area contributed by atoms with Crippen LogP contribution in [0.1, 0.15) is 0 Å². The van der Waals surface area contributed by atoms with Crippen molar-refractivity contribution in [1.82, 2.24) is 0 Å². The van der Waals surface area contributed by atoms with Gasteiger partial charge in [-0.1, -0.05) is 0 Å². The molecule has 0 spiro atoms. The Morgan fingerprint density at radius 2 is 2.22 bits per heavy atom. The summed E-state index contributed by atoms with van der Waals surface area (Å²) < 4.78 is 0. The van der Waals surface area contributed by atoms with Gasteiger partial charge in [0.05, 0.1) is 0 Å². The van der Waals surface area contributed by atoms with Crippen LogP contribution in [0, 0.1) is 11.3 Å². The Balaban J connectivity index is 0. The zero-order valence-electron chi connectivity index (χ0n) is 4.96. The second-order valence-electron chi connectivity index (χ2n) is 1.02. The fraction of sp³-hybridized carbons (Fsp3) is 0. The first kappa shape index (κ1) is 11.3. The third-order valence-electron chi connectivity index (χ3n) is 0.515. The molecule has 0 saturated heterocycles. The summed E-state index contributed by atoms with van der Waals surface area (Å²) in [4.78, 5) is 9.93. The van der Waals surface area contributed by atoms with Crippen LogP contribution in [0.5, 0.6) is 0 Å². The Kier molecular flexibility index (Phi) is 7.08. The molecule has 4 nitrogen and oxygen atoms in total. The molecule has 0 heterocycles. The van der Waals surface area contributed by atoms with Crippen molar-refractivity contribution in [2.45, 2.75) is 0 Å². The second-order valence-corrected chi connectivity index (χ2v) is 1.02. The number of nitrogens with zero attached hydrogens (tertiary/aromatic N) is 1. The molecule has 0 aromatic carbocycles. The molecule has 0 fully saturated rings. The topological polar surface area (TPSA) is 87.1 Å². The maximum atomic E-state index is 9.93. The molecule has 0 atom stereocenters. The molecular formula is C4H4N2NaO2. The number of rotatable bonds is 1. The van der Waals surface area contributed by atoms with E-state index in [-0.39, 0.29) is 29.6 Å². The van der Waals surface area contributed by atoms with E-state index in [1.165, 1.54) is 6.07 Å². The number of nitriles is 1. The summed E-state index contributed by atoms with van der Waals surface area (Å²) in [5.41, 5.74) is 4.13. The average Bonchev–Trinajstić information content (AvgIpc) is 1.69. The molecule has 9 heavy (non-hydrogen) atoms. The van der Waals surface area contributed by atoms with Gasteiger partial charge in [-0.3, -0.25) is 4.79 Å². The summed E-state index contributed by atoms with van der Waals surface area (Å²) in [6.07, 6.45) is 0.377. The molecule has 0 aliphatic carbocycles. The van der Waals surface area contributed by atoms with Crippen molar-refractivity contribution in [1.29, 1.82) is 5.26 Å². The first-order chi connectivity index (χ1) is 3.72. The van der Waals surface area contributed by atoms with Gasteiger partial charge in [0, 0.05) is 29.6 Å². The van der Waals surface area contributed by atoms with Crippen LogP contribution in [-0.4, -0.2) is 40.6 Å². The molecule has 5 heteroatoms. The molecule has 1 amide bonds. The molecule has 0 aromatic rings. The summed E-state index contributed by atoms with van der Waals surface area (Å²) in [5, 5.41) is 15.9. The van der Waals surface area contributed by atoms with Gasteiger partial charge in [0.2, 0.25) is 0 Å². The number of carbonyl (C=O) groups is 1. The van der Waals surface area contributed by atoms with Crippen LogP contribution in [0.2, 0.25) is 0 Å². The van der Waals surface area contributed by atoms with E-state index < -0.39 is 11.5 Å². The molecule has 0 aliphatic rings. The van der Waals surface area contributed by atoms with Crippen molar-refractivity contribution in [3.63, 3.8) is 0 Å². The minimum Gasteiger partial charge on any atom is -0.514 e. The van der Waals surface area contributed by atoms with Gasteiger partial charge in [-0.2, -0.15) is 5.26 Å². The molecule has 43 valence electrons. The molecule has 0 rings (SSSR count). The standard InChI is InChI=1S/C4H4N2O2.Na/c5-1-3(2-7)4(6)8;/h2,7H,(H2,6,8);/b3-2-;. The van der Waals surface area contributed by atoms with E-state index in [0.717, 1.165) is 0 Å². The van der Waals surface area contributed by atoms with Gasteiger partial charge >= 0.3 is 0 Å². The van der Waals surface area contributed by atoms with E-state index in [4.69, 9.17) is 10.4 Å². The molecule has 0 aromatic heterocycles. The second kappa shape index (κ2) is 5.63. The summed E-state index contributed by atoms with van der Waals surface area (Å²) in [6.45, 7) is 0. The van der Waals surface area contributed by atoms with E-state index in [2.05, 4.69) is 5.73 Å². The number of hydrogen-bond acceptors (Lipinski definition) is 3. The number of aliphatic hydroxyl groups excluding tert-OH is 1. The number of carbonyl (C=O) groups excluding carboxylic acids is 1. The maximum absolute atomic E-state index is 9.93. The average molecular weight is 135 g/mol. The summed E-state index contributed by atoms with van der Waals surface area (Å²) in [7, 11) is 0. The van der Waals surface area contributed by atoms with E-state index in [1.54, 1.807) is 0 Å². The Hall–Kier alpha value is -0.500. The Labute approximate surface area is 74.2 Å². The molecular weight excluding hydrogens is 131 g/mol. The summed E-state index contributed by atoms with van der Waals surface area (Å²) in [5.74, 6) is -0.921. The van der Waals surface area contributed by atoms with E-state index in [1.807, 2.05) is 0 Å². The van der Waals surface area contributed by atoms with Gasteiger partial charge in [-0.15, -0.1) is 0 Å². The number of aliphatic hydroxyl groups is 1. The number of primary amides is 1. The van der Waals surface area contributed by atoms with Crippen molar-refractivity contribution < 1.29 is 9.90 Å². The minimum atomic E-state index is -0.921. The Morgan fingerprint density at radius 1 is 1.78 bits per heavy atom. The smallest absolute Gasteiger partial charge is 0.262 e. The van der Waals surface area contributed by atoms with Crippen LogP contribution in [0.25, 0.3) is 0 Å². The normalized spacial score (nSPS) is 9.00. The number of amides is 1. The molecule has 0 aliphatic heterocycles. The molecule has 0 saturated carbocycles. The number of hydrogen-bond donors (Lipinski definition) is 2. The van der Waals surface area contributed by atoms with Crippen molar-refractivity contribution in [3.05, 3.63) is 11.8 Å². The quantitative estimate of drug-likeness (QED) is 0.210. The van der Waals surface area contributed by atoms with Gasteiger partial charge in [0.15, 0.2) is 5.57 Å². The summed E-state index contributed by atoms with van der Waals surface area (Å²) in [6, 6.07) is 1.39. The minimum absolute atomic E-state index is 0. The van der Waals surface area contributed by atoms with Gasteiger partial charge < -0.3 is 10.8 Å². The predicted molar refractivity (Wildman–Crippen MR) is 31.3 cm³/mol. The van der Waals surface area contributed by atoms with E-state index in [9.17, 15) is 4.79 Å².